The molecule has 1 amide bonds. The van der Waals surface area contributed by atoms with Gasteiger partial charge in [-0.05, 0) is 48.0 Å². The highest BCUT2D eigenvalue weighted by molar-refractivity contribution is 5.72. The number of carboxylic acids is 1. The number of hydrogen-bond acceptors (Lipinski definition) is 4. The minimum absolute atomic E-state index is 0.0940. The van der Waals surface area contributed by atoms with E-state index in [1.807, 2.05) is 20.8 Å². The van der Waals surface area contributed by atoms with E-state index in [2.05, 4.69) is 0 Å². The molecule has 0 aromatic carbocycles. The average molecular weight is 301 g/mol. The number of carbonyl (C=O) groups excluding carboxylic acids is 1. The molecule has 6 nitrogen and oxygen atoms in total. The maximum atomic E-state index is 12.2. The van der Waals surface area contributed by atoms with Crippen LogP contribution in [-0.4, -0.2) is 52.0 Å². The molecule has 1 saturated heterocycles. The lowest BCUT2D eigenvalue weighted by atomic mass is 10.1. The van der Waals surface area contributed by atoms with E-state index >= 15 is 0 Å². The third kappa shape index (κ3) is 6.33. The summed E-state index contributed by atoms with van der Waals surface area (Å²) in [4.78, 5) is 24.7. The highest BCUT2D eigenvalue weighted by atomic mass is 16.6. The van der Waals surface area contributed by atoms with Gasteiger partial charge in [-0.2, -0.15) is 0 Å². The first kappa shape index (κ1) is 17.8. The minimum Gasteiger partial charge on any atom is -0.481 e. The highest BCUT2D eigenvalue weighted by Crippen LogP contribution is 2.28. The van der Waals surface area contributed by atoms with Gasteiger partial charge in [0.1, 0.15) is 5.60 Å². The van der Waals surface area contributed by atoms with Crippen molar-refractivity contribution in [3.63, 3.8) is 0 Å². The van der Waals surface area contributed by atoms with Gasteiger partial charge in [0, 0.05) is 6.04 Å². The van der Waals surface area contributed by atoms with Crippen molar-refractivity contribution < 1.29 is 24.2 Å². The molecule has 0 aromatic heterocycles. The molecule has 1 aliphatic rings. The van der Waals surface area contributed by atoms with Crippen molar-refractivity contribution in [3.05, 3.63) is 0 Å². The lowest BCUT2D eigenvalue weighted by molar-refractivity contribution is -0.138. The Labute approximate surface area is 126 Å². The molecule has 6 heteroatoms. The fourth-order valence-electron chi connectivity index (χ4n) is 2.40. The summed E-state index contributed by atoms with van der Waals surface area (Å²) < 4.78 is 11.2. The lowest BCUT2D eigenvalue weighted by Crippen LogP contribution is -2.41. The van der Waals surface area contributed by atoms with E-state index in [-0.39, 0.29) is 24.2 Å². The zero-order chi connectivity index (χ0) is 16.4. The van der Waals surface area contributed by atoms with Gasteiger partial charge in [0.2, 0.25) is 0 Å². The van der Waals surface area contributed by atoms with Crippen LogP contribution in [0.25, 0.3) is 0 Å². The Morgan fingerprint density at radius 1 is 1.14 bits per heavy atom. The first-order valence-corrected chi connectivity index (χ1v) is 7.26. The second-order valence-electron chi connectivity index (χ2n) is 7.47. The lowest BCUT2D eigenvalue weighted by Gasteiger charge is -2.28. The largest absolute Gasteiger partial charge is 0.481 e. The number of ether oxygens (including phenoxy) is 2. The van der Waals surface area contributed by atoms with Crippen LogP contribution in [-0.2, 0) is 14.3 Å². The van der Waals surface area contributed by atoms with Crippen molar-refractivity contribution in [1.82, 2.24) is 4.90 Å². The van der Waals surface area contributed by atoms with E-state index in [4.69, 9.17) is 14.6 Å². The number of nitrogens with zero attached hydrogens (tertiary/aromatic N) is 1. The number of hydrogen-bond donors (Lipinski definition) is 1. The smallest absolute Gasteiger partial charge is 0.410 e. The number of likely N-dealkylation sites (tertiary alicyclic amines) is 1. The molecule has 0 radical (unpaired) electrons. The Morgan fingerprint density at radius 3 is 2.14 bits per heavy atom. The van der Waals surface area contributed by atoms with Crippen LogP contribution in [0.1, 0.15) is 54.4 Å². The van der Waals surface area contributed by atoms with Crippen LogP contribution in [0.2, 0.25) is 0 Å². The number of carbonyl (C=O) groups is 2. The molecule has 0 aromatic rings. The molecule has 21 heavy (non-hydrogen) atoms. The van der Waals surface area contributed by atoms with Gasteiger partial charge in [-0.25, -0.2) is 4.79 Å². The number of carboxylic acid groups (broad SMARTS) is 1. The van der Waals surface area contributed by atoms with E-state index < -0.39 is 17.7 Å². The molecule has 1 aliphatic heterocycles. The van der Waals surface area contributed by atoms with Gasteiger partial charge in [-0.1, -0.05) is 0 Å². The Morgan fingerprint density at radius 2 is 1.71 bits per heavy atom. The molecule has 1 fully saturated rings. The minimum atomic E-state index is -0.926. The molecule has 0 bridgehead atoms. The summed E-state index contributed by atoms with van der Waals surface area (Å²) in [5.41, 5.74) is -0.934. The van der Waals surface area contributed by atoms with Crippen molar-refractivity contribution >= 4 is 12.1 Å². The van der Waals surface area contributed by atoms with Crippen molar-refractivity contribution in [2.45, 2.75) is 77.7 Å². The molecule has 1 heterocycles. The molecule has 1 rings (SSSR count). The molecule has 1 N–H and O–H groups in total. The van der Waals surface area contributed by atoms with Crippen LogP contribution in [0, 0.1) is 0 Å². The van der Waals surface area contributed by atoms with Gasteiger partial charge in [-0.3, -0.25) is 4.79 Å². The van der Waals surface area contributed by atoms with Crippen molar-refractivity contribution in [2.24, 2.45) is 0 Å². The zero-order valence-electron chi connectivity index (χ0n) is 13.8. The van der Waals surface area contributed by atoms with E-state index in [1.54, 1.807) is 20.8 Å². The van der Waals surface area contributed by atoms with Crippen LogP contribution < -0.4 is 0 Å². The number of aliphatic carboxylic acids is 1. The third-order valence-corrected chi connectivity index (χ3v) is 2.93. The first-order chi connectivity index (χ1) is 9.37. The van der Waals surface area contributed by atoms with Gasteiger partial charge in [0.15, 0.2) is 0 Å². The van der Waals surface area contributed by atoms with Gasteiger partial charge in [0.05, 0.1) is 24.7 Å². The Bertz CT molecular complexity index is 394. The molecule has 2 atom stereocenters. The van der Waals surface area contributed by atoms with Crippen LogP contribution in [0.15, 0.2) is 0 Å². The predicted octanol–water partition coefficient (Wildman–Crippen LogP) is 2.65. The van der Waals surface area contributed by atoms with Gasteiger partial charge in [-0.15, -0.1) is 0 Å². The van der Waals surface area contributed by atoms with Crippen LogP contribution in [0.4, 0.5) is 4.79 Å². The summed E-state index contributed by atoms with van der Waals surface area (Å²) in [5, 5.41) is 9.01. The quantitative estimate of drug-likeness (QED) is 0.867. The summed E-state index contributed by atoms with van der Waals surface area (Å²) in [6, 6.07) is -0.385. The summed E-state index contributed by atoms with van der Waals surface area (Å²) in [5.74, 6) is -0.926. The zero-order valence-corrected chi connectivity index (χ0v) is 13.8. The van der Waals surface area contributed by atoms with E-state index in [1.165, 1.54) is 4.90 Å². The maximum Gasteiger partial charge on any atom is 0.410 e. The fraction of sp³-hybridized carbons (Fsp3) is 0.867. The molecular weight excluding hydrogens is 274 g/mol. The van der Waals surface area contributed by atoms with Gasteiger partial charge in [0.25, 0.3) is 0 Å². The van der Waals surface area contributed by atoms with E-state index in [0.29, 0.717) is 13.0 Å². The Hall–Kier alpha value is -1.30. The summed E-state index contributed by atoms with van der Waals surface area (Å²) >= 11 is 0. The SMILES string of the molecule is CC(C)(C)OC(=O)N1C[C@H](OC(C)(C)C)CC1CC(=O)O. The Balaban J connectivity index is 2.77. The second kappa shape index (κ2) is 6.22. The van der Waals surface area contributed by atoms with Crippen molar-refractivity contribution in [3.8, 4) is 0 Å². The number of rotatable bonds is 3. The van der Waals surface area contributed by atoms with Crippen molar-refractivity contribution in [2.75, 3.05) is 6.54 Å². The van der Waals surface area contributed by atoms with Gasteiger partial charge < -0.3 is 19.5 Å². The Kier molecular flexibility index (Phi) is 5.25. The van der Waals surface area contributed by atoms with E-state index in [0.717, 1.165) is 0 Å². The first-order valence-electron chi connectivity index (χ1n) is 7.26. The molecular formula is C15H27NO5. The third-order valence-electron chi connectivity index (χ3n) is 2.93. The maximum absolute atomic E-state index is 12.2. The molecule has 0 aliphatic carbocycles. The van der Waals surface area contributed by atoms with Crippen LogP contribution in [0.5, 0.6) is 0 Å². The van der Waals surface area contributed by atoms with E-state index in [9.17, 15) is 9.59 Å². The molecule has 0 spiro atoms. The molecule has 122 valence electrons. The molecule has 1 unspecified atom stereocenters. The number of amides is 1. The molecule has 0 saturated carbocycles. The van der Waals surface area contributed by atoms with Crippen LogP contribution in [0.3, 0.4) is 0 Å². The summed E-state index contributed by atoms with van der Waals surface area (Å²) in [6.45, 7) is 11.5. The predicted molar refractivity (Wildman–Crippen MR) is 78.2 cm³/mol. The summed E-state index contributed by atoms with van der Waals surface area (Å²) in [7, 11) is 0. The highest BCUT2D eigenvalue weighted by Gasteiger charge is 2.40. The topological polar surface area (TPSA) is 76.1 Å². The van der Waals surface area contributed by atoms with Gasteiger partial charge >= 0.3 is 12.1 Å². The monoisotopic (exact) mass is 301 g/mol. The van der Waals surface area contributed by atoms with Crippen molar-refractivity contribution in [1.29, 1.82) is 0 Å². The average Bonchev–Trinajstić information content (AvgIpc) is 2.54. The summed E-state index contributed by atoms with van der Waals surface area (Å²) in [6.07, 6.45) is -0.220. The van der Waals surface area contributed by atoms with Crippen LogP contribution >= 0.6 is 0 Å². The standard InChI is InChI=1S/C15H27NO5/c1-14(2,3)20-11-7-10(8-12(17)18)16(9-11)13(19)21-15(4,5)6/h10-11H,7-9H2,1-6H3,(H,17,18)/t10?,11-/m1/s1. The fourth-order valence-corrected chi connectivity index (χ4v) is 2.40. The second-order valence-corrected chi connectivity index (χ2v) is 7.47. The normalized spacial score (nSPS) is 23.2.